The van der Waals surface area contributed by atoms with Gasteiger partial charge in [0, 0.05) is 0 Å². The molecule has 0 aliphatic carbocycles. The quantitative estimate of drug-likeness (QED) is 0.671. The van der Waals surface area contributed by atoms with E-state index in [9.17, 15) is 22.8 Å². The first-order valence-corrected chi connectivity index (χ1v) is 4.81. The third-order valence-corrected chi connectivity index (χ3v) is 2.29. The summed E-state index contributed by atoms with van der Waals surface area (Å²) in [7, 11) is 1.10. The predicted octanol–water partition coefficient (Wildman–Crippen LogP) is 2.37. The lowest BCUT2D eigenvalue weighted by atomic mass is 10.0. The molecular formula is C11H10F3NO3. The lowest BCUT2D eigenvalue weighted by Crippen LogP contribution is -2.13. The number of aryl methyl sites for hydroxylation is 1. The summed E-state index contributed by atoms with van der Waals surface area (Å²) in [5.74, 6) is -0.823. The van der Waals surface area contributed by atoms with Crippen LogP contribution in [0.1, 0.15) is 21.5 Å². The molecule has 1 aromatic rings. The van der Waals surface area contributed by atoms with Gasteiger partial charge in [-0.15, -0.1) is 0 Å². The minimum atomic E-state index is -4.56. The summed E-state index contributed by atoms with van der Waals surface area (Å²) in [6.45, 7) is 1.22. The van der Waals surface area contributed by atoms with Crippen molar-refractivity contribution in [2.75, 3.05) is 12.4 Å². The van der Waals surface area contributed by atoms with Gasteiger partial charge in [-0.1, -0.05) is 0 Å². The molecule has 0 saturated heterocycles. The lowest BCUT2D eigenvalue weighted by molar-refractivity contribution is -0.138. The number of hydrogen-bond acceptors (Lipinski definition) is 3. The Morgan fingerprint density at radius 3 is 2.44 bits per heavy atom. The van der Waals surface area contributed by atoms with Crippen molar-refractivity contribution in [1.29, 1.82) is 0 Å². The number of hydrogen-bond donors (Lipinski definition) is 1. The zero-order valence-electron chi connectivity index (χ0n) is 9.59. The Bertz CT molecular complexity index is 483. The number of halogens is 3. The molecule has 0 unspecified atom stereocenters. The summed E-state index contributed by atoms with van der Waals surface area (Å²) in [6, 6.07) is 1.73. The number of methoxy groups -OCH3 is 1. The molecule has 98 valence electrons. The van der Waals surface area contributed by atoms with Crippen LogP contribution in [0.15, 0.2) is 12.1 Å². The highest BCUT2D eigenvalue weighted by molar-refractivity contribution is 5.98. The molecule has 0 aromatic heterocycles. The fourth-order valence-corrected chi connectivity index (χ4v) is 1.48. The number of amides is 1. The molecule has 0 aliphatic rings. The number of esters is 1. The number of alkyl halides is 3. The second-order valence-electron chi connectivity index (χ2n) is 3.46. The number of carbonyl (C=O) groups is 2. The molecule has 1 rings (SSSR count). The van der Waals surface area contributed by atoms with E-state index in [1.165, 1.54) is 6.92 Å². The van der Waals surface area contributed by atoms with Crippen LogP contribution in [0.25, 0.3) is 0 Å². The van der Waals surface area contributed by atoms with Gasteiger partial charge in [0.1, 0.15) is 0 Å². The first kappa shape index (κ1) is 14.0. The highest BCUT2D eigenvalue weighted by Crippen LogP contribution is 2.35. The molecule has 1 amide bonds. The van der Waals surface area contributed by atoms with E-state index in [1.807, 2.05) is 5.32 Å². The Morgan fingerprint density at radius 2 is 2.00 bits per heavy atom. The van der Waals surface area contributed by atoms with Crippen LogP contribution in [0.5, 0.6) is 0 Å². The smallest absolute Gasteiger partial charge is 0.416 e. The molecule has 0 saturated carbocycles. The molecule has 0 aliphatic heterocycles. The van der Waals surface area contributed by atoms with Crippen molar-refractivity contribution in [3.05, 3.63) is 28.8 Å². The van der Waals surface area contributed by atoms with E-state index >= 15 is 0 Å². The minimum Gasteiger partial charge on any atom is -0.465 e. The van der Waals surface area contributed by atoms with Crippen LogP contribution in [0.4, 0.5) is 18.9 Å². The van der Waals surface area contributed by atoms with Crippen molar-refractivity contribution in [3.63, 3.8) is 0 Å². The number of nitrogens with one attached hydrogen (secondary N) is 1. The van der Waals surface area contributed by atoms with Gasteiger partial charge in [0.15, 0.2) is 0 Å². The Kier molecular flexibility index (Phi) is 3.95. The van der Waals surface area contributed by atoms with E-state index in [2.05, 4.69) is 4.74 Å². The number of benzene rings is 1. The van der Waals surface area contributed by atoms with Crippen LogP contribution in [0, 0.1) is 6.92 Å². The van der Waals surface area contributed by atoms with Gasteiger partial charge < -0.3 is 10.1 Å². The van der Waals surface area contributed by atoms with E-state index in [-0.39, 0.29) is 23.2 Å². The zero-order chi connectivity index (χ0) is 13.9. The molecule has 0 heterocycles. The third kappa shape index (κ3) is 2.79. The maximum Gasteiger partial charge on any atom is 0.416 e. The van der Waals surface area contributed by atoms with Crippen molar-refractivity contribution < 1.29 is 27.5 Å². The highest BCUT2D eigenvalue weighted by atomic mass is 19.4. The minimum absolute atomic E-state index is 0.126. The van der Waals surface area contributed by atoms with Gasteiger partial charge in [0.2, 0.25) is 6.41 Å². The van der Waals surface area contributed by atoms with Crippen LogP contribution in [-0.4, -0.2) is 19.5 Å². The lowest BCUT2D eigenvalue weighted by Gasteiger charge is -2.14. The second-order valence-corrected chi connectivity index (χ2v) is 3.46. The summed E-state index contributed by atoms with van der Waals surface area (Å²) in [5, 5.41) is 2.05. The highest BCUT2D eigenvalue weighted by Gasteiger charge is 2.33. The van der Waals surface area contributed by atoms with E-state index in [4.69, 9.17) is 0 Å². The van der Waals surface area contributed by atoms with Gasteiger partial charge in [-0.25, -0.2) is 4.79 Å². The number of anilines is 1. The van der Waals surface area contributed by atoms with Gasteiger partial charge in [-0.3, -0.25) is 4.79 Å². The Hall–Kier alpha value is -2.05. The summed E-state index contributed by atoms with van der Waals surface area (Å²) in [6.07, 6.45) is -4.37. The Balaban J connectivity index is 3.43. The van der Waals surface area contributed by atoms with E-state index in [0.29, 0.717) is 6.07 Å². The molecule has 18 heavy (non-hydrogen) atoms. The van der Waals surface area contributed by atoms with Crippen molar-refractivity contribution in [2.45, 2.75) is 13.1 Å². The summed E-state index contributed by atoms with van der Waals surface area (Å²) >= 11 is 0. The van der Waals surface area contributed by atoms with Gasteiger partial charge in [0.25, 0.3) is 0 Å². The van der Waals surface area contributed by atoms with Crippen LogP contribution >= 0.6 is 0 Å². The largest absolute Gasteiger partial charge is 0.465 e. The molecular weight excluding hydrogens is 251 g/mol. The third-order valence-electron chi connectivity index (χ3n) is 2.29. The molecule has 0 spiro atoms. The second kappa shape index (κ2) is 5.07. The van der Waals surface area contributed by atoms with Crippen LogP contribution in [0.2, 0.25) is 0 Å². The summed E-state index contributed by atoms with van der Waals surface area (Å²) < 4.78 is 42.4. The number of carbonyl (C=O) groups excluding carboxylic acids is 2. The summed E-state index contributed by atoms with van der Waals surface area (Å²) in [4.78, 5) is 21.7. The molecule has 0 bridgehead atoms. The normalized spacial score (nSPS) is 10.9. The molecule has 0 radical (unpaired) electrons. The first-order valence-electron chi connectivity index (χ1n) is 4.81. The molecule has 0 fully saturated rings. The van der Waals surface area contributed by atoms with Gasteiger partial charge >= 0.3 is 12.1 Å². The summed E-state index contributed by atoms with van der Waals surface area (Å²) in [5.41, 5.74) is -1.41. The molecule has 7 heteroatoms. The fourth-order valence-electron chi connectivity index (χ4n) is 1.48. The van der Waals surface area contributed by atoms with Gasteiger partial charge in [-0.2, -0.15) is 13.2 Å². The zero-order valence-corrected chi connectivity index (χ0v) is 9.59. The topological polar surface area (TPSA) is 55.4 Å². The van der Waals surface area contributed by atoms with Gasteiger partial charge in [0.05, 0.1) is 23.9 Å². The van der Waals surface area contributed by atoms with E-state index < -0.39 is 17.7 Å². The Morgan fingerprint density at radius 1 is 1.39 bits per heavy atom. The van der Waals surface area contributed by atoms with Crippen LogP contribution in [0.3, 0.4) is 0 Å². The van der Waals surface area contributed by atoms with Crippen LogP contribution < -0.4 is 5.32 Å². The average Bonchev–Trinajstić information content (AvgIpc) is 2.28. The van der Waals surface area contributed by atoms with Crippen molar-refractivity contribution in [1.82, 2.24) is 0 Å². The van der Waals surface area contributed by atoms with Gasteiger partial charge in [-0.05, 0) is 24.6 Å². The molecule has 1 aromatic carbocycles. The Labute approximate surface area is 101 Å². The van der Waals surface area contributed by atoms with E-state index in [0.717, 1.165) is 13.2 Å². The van der Waals surface area contributed by atoms with Crippen molar-refractivity contribution >= 4 is 18.1 Å². The predicted molar refractivity (Wildman–Crippen MR) is 57.2 cm³/mol. The molecule has 0 atom stereocenters. The maximum absolute atomic E-state index is 12.7. The van der Waals surface area contributed by atoms with Crippen molar-refractivity contribution in [3.8, 4) is 0 Å². The molecule has 4 nitrogen and oxygen atoms in total. The molecule has 1 N–H and O–H groups in total. The first-order chi connectivity index (χ1) is 8.31. The monoisotopic (exact) mass is 261 g/mol. The fraction of sp³-hybridized carbons (Fsp3) is 0.273. The average molecular weight is 261 g/mol. The van der Waals surface area contributed by atoms with Crippen LogP contribution in [-0.2, 0) is 15.7 Å². The SMILES string of the molecule is COC(=O)c1cc(C)c(C(F)(F)F)cc1NC=O. The standard InChI is InChI=1S/C11H10F3NO3/c1-6-3-7(10(17)18-2)9(15-5-16)4-8(6)11(12,13)14/h3-5H,1-2H3,(H,15,16). The number of rotatable bonds is 3. The maximum atomic E-state index is 12.7. The van der Waals surface area contributed by atoms with Crippen molar-refractivity contribution in [2.24, 2.45) is 0 Å². The van der Waals surface area contributed by atoms with E-state index in [1.54, 1.807) is 0 Å². The number of ether oxygens (including phenoxy) is 1.